The van der Waals surface area contributed by atoms with Crippen LogP contribution in [0, 0.1) is 0 Å². The summed E-state index contributed by atoms with van der Waals surface area (Å²) in [5.74, 6) is 0. The van der Waals surface area contributed by atoms with Crippen LogP contribution in [-0.4, -0.2) is 8.42 Å². The molecule has 0 saturated heterocycles. The molecule has 0 aliphatic rings. The molecule has 0 saturated carbocycles. The van der Waals surface area contributed by atoms with Crippen LogP contribution in [0.5, 0.6) is 0 Å². The molecule has 0 radical (unpaired) electrons. The highest BCUT2D eigenvalue weighted by atomic mass is 79.9. The lowest BCUT2D eigenvalue weighted by atomic mass is 10.1. The highest BCUT2D eigenvalue weighted by molar-refractivity contribution is 9.10. The Balaban J connectivity index is 1.89. The molecule has 0 aliphatic heterocycles. The van der Waals surface area contributed by atoms with Crippen LogP contribution in [0.1, 0.15) is 0 Å². The van der Waals surface area contributed by atoms with E-state index < -0.39 is 10.0 Å². The number of anilines is 1. The van der Waals surface area contributed by atoms with Crippen molar-refractivity contribution >= 4 is 64.8 Å². The van der Waals surface area contributed by atoms with Crippen LogP contribution in [0.4, 0.5) is 5.69 Å². The van der Waals surface area contributed by atoms with Gasteiger partial charge in [-0.15, -0.1) is 0 Å². The first-order chi connectivity index (χ1) is 12.5. The Hall–Kier alpha value is -2.08. The smallest absolute Gasteiger partial charge is 0.262 e. The summed E-state index contributed by atoms with van der Waals surface area (Å²) in [6.45, 7) is 0. The zero-order chi connectivity index (χ0) is 18.3. The van der Waals surface area contributed by atoms with E-state index in [1.165, 1.54) is 0 Å². The Kier molecular flexibility index (Phi) is 4.39. The maximum Gasteiger partial charge on any atom is 0.262 e. The predicted octanol–water partition coefficient (Wildman–Crippen LogP) is 6.21. The van der Waals surface area contributed by atoms with Gasteiger partial charge in [-0.1, -0.05) is 76.1 Å². The molecule has 4 aromatic carbocycles. The van der Waals surface area contributed by atoms with Gasteiger partial charge in [0.2, 0.25) is 0 Å². The topological polar surface area (TPSA) is 46.2 Å². The normalized spacial score (nSPS) is 11.8. The highest BCUT2D eigenvalue weighted by Crippen LogP contribution is 2.34. The highest BCUT2D eigenvalue weighted by Gasteiger charge is 2.20. The van der Waals surface area contributed by atoms with Crippen molar-refractivity contribution in [3.63, 3.8) is 0 Å². The molecule has 130 valence electrons. The monoisotopic (exact) mass is 445 g/mol. The molecule has 26 heavy (non-hydrogen) atoms. The Morgan fingerprint density at radius 2 is 1.50 bits per heavy atom. The molecule has 1 N–H and O–H groups in total. The van der Waals surface area contributed by atoms with Crippen molar-refractivity contribution in [1.29, 1.82) is 0 Å². The van der Waals surface area contributed by atoms with Gasteiger partial charge in [0.05, 0.1) is 10.6 Å². The van der Waals surface area contributed by atoms with Gasteiger partial charge in [-0.25, -0.2) is 8.42 Å². The van der Waals surface area contributed by atoms with Crippen LogP contribution in [0.2, 0.25) is 5.02 Å². The lowest BCUT2D eigenvalue weighted by molar-refractivity contribution is 0.602. The summed E-state index contributed by atoms with van der Waals surface area (Å²) in [4.78, 5) is 0.160. The number of sulfonamides is 1. The minimum Gasteiger partial charge on any atom is -0.279 e. The van der Waals surface area contributed by atoms with E-state index in [-0.39, 0.29) is 4.90 Å². The van der Waals surface area contributed by atoms with E-state index in [1.807, 2.05) is 42.5 Å². The standard InChI is InChI=1S/C20H13BrClNO2S/c21-16-11-12-18(15-8-2-1-7-14(15)16)23-26(24,25)19-10-4-6-13-5-3-9-17(22)20(13)19/h1-12,23H. The van der Waals surface area contributed by atoms with E-state index in [1.54, 1.807) is 30.3 Å². The third-order valence-corrected chi connectivity index (χ3v) is 6.63. The van der Waals surface area contributed by atoms with Gasteiger partial charge in [0.15, 0.2) is 0 Å². The first-order valence-electron chi connectivity index (χ1n) is 7.85. The molecule has 0 amide bonds. The molecular formula is C20H13BrClNO2S. The molecule has 0 atom stereocenters. The van der Waals surface area contributed by atoms with Crippen molar-refractivity contribution in [2.45, 2.75) is 4.90 Å². The minimum atomic E-state index is -3.82. The minimum absolute atomic E-state index is 0.160. The number of benzene rings is 4. The molecule has 0 unspecified atom stereocenters. The molecule has 0 aromatic heterocycles. The average molecular weight is 447 g/mol. The number of hydrogen-bond donors (Lipinski definition) is 1. The molecule has 0 aliphatic carbocycles. The second-order valence-corrected chi connectivity index (χ2v) is 8.75. The summed E-state index contributed by atoms with van der Waals surface area (Å²) in [6, 6.07) is 21.6. The van der Waals surface area contributed by atoms with E-state index in [0.717, 1.165) is 20.6 Å². The largest absolute Gasteiger partial charge is 0.279 e. The van der Waals surface area contributed by atoms with Crippen molar-refractivity contribution in [3.8, 4) is 0 Å². The second-order valence-electron chi connectivity index (χ2n) is 5.84. The number of rotatable bonds is 3. The molecule has 4 aromatic rings. The summed E-state index contributed by atoms with van der Waals surface area (Å²) in [5.41, 5.74) is 0.521. The van der Waals surface area contributed by atoms with Gasteiger partial charge in [0.25, 0.3) is 10.0 Å². The SMILES string of the molecule is O=S(=O)(Nc1ccc(Br)c2ccccc12)c1cccc2cccc(Cl)c12. The number of halogens is 2. The maximum atomic E-state index is 13.1. The van der Waals surface area contributed by atoms with Gasteiger partial charge in [-0.3, -0.25) is 4.72 Å². The van der Waals surface area contributed by atoms with Crippen LogP contribution in [-0.2, 0) is 10.0 Å². The first kappa shape index (κ1) is 17.3. The Morgan fingerprint density at radius 3 is 2.27 bits per heavy atom. The van der Waals surface area contributed by atoms with Crippen molar-refractivity contribution in [2.24, 2.45) is 0 Å². The van der Waals surface area contributed by atoms with Crippen molar-refractivity contribution in [1.82, 2.24) is 0 Å². The van der Waals surface area contributed by atoms with E-state index in [2.05, 4.69) is 20.7 Å². The summed E-state index contributed by atoms with van der Waals surface area (Å²) >= 11 is 9.79. The fourth-order valence-electron chi connectivity index (χ4n) is 3.04. The zero-order valence-corrected chi connectivity index (χ0v) is 16.6. The Labute approximate surface area is 164 Å². The van der Waals surface area contributed by atoms with Crippen LogP contribution in [0.25, 0.3) is 21.5 Å². The van der Waals surface area contributed by atoms with Crippen LogP contribution < -0.4 is 4.72 Å². The molecule has 6 heteroatoms. The zero-order valence-electron chi connectivity index (χ0n) is 13.4. The fourth-order valence-corrected chi connectivity index (χ4v) is 5.19. The molecule has 0 spiro atoms. The van der Waals surface area contributed by atoms with Crippen LogP contribution in [0.3, 0.4) is 0 Å². The molecule has 3 nitrogen and oxygen atoms in total. The van der Waals surface area contributed by atoms with Crippen molar-refractivity contribution < 1.29 is 8.42 Å². The van der Waals surface area contributed by atoms with E-state index in [9.17, 15) is 8.42 Å². The van der Waals surface area contributed by atoms with E-state index in [4.69, 9.17) is 11.6 Å². The number of fused-ring (bicyclic) bond motifs is 2. The number of hydrogen-bond acceptors (Lipinski definition) is 2. The van der Waals surface area contributed by atoms with Gasteiger partial charge in [-0.2, -0.15) is 0 Å². The molecule has 0 heterocycles. The first-order valence-corrected chi connectivity index (χ1v) is 10.5. The lowest BCUT2D eigenvalue weighted by Crippen LogP contribution is -2.13. The van der Waals surface area contributed by atoms with E-state index in [0.29, 0.717) is 16.1 Å². The van der Waals surface area contributed by atoms with Crippen LogP contribution in [0.15, 0.2) is 82.2 Å². The average Bonchev–Trinajstić information content (AvgIpc) is 2.64. The Bertz CT molecular complexity index is 1250. The molecule has 0 fully saturated rings. The summed E-state index contributed by atoms with van der Waals surface area (Å²) in [6.07, 6.45) is 0. The molecule has 4 rings (SSSR count). The third kappa shape index (κ3) is 2.96. The lowest BCUT2D eigenvalue weighted by Gasteiger charge is -2.14. The van der Waals surface area contributed by atoms with Crippen molar-refractivity contribution in [3.05, 3.63) is 82.3 Å². The van der Waals surface area contributed by atoms with Gasteiger partial charge < -0.3 is 0 Å². The van der Waals surface area contributed by atoms with Gasteiger partial charge in [0, 0.05) is 20.3 Å². The van der Waals surface area contributed by atoms with Gasteiger partial charge in [0.1, 0.15) is 0 Å². The van der Waals surface area contributed by atoms with E-state index >= 15 is 0 Å². The molecule has 0 bridgehead atoms. The summed E-state index contributed by atoms with van der Waals surface area (Å²) in [7, 11) is -3.82. The summed E-state index contributed by atoms with van der Waals surface area (Å²) < 4.78 is 29.9. The maximum absolute atomic E-state index is 13.1. The molecular weight excluding hydrogens is 434 g/mol. The number of nitrogens with one attached hydrogen (secondary N) is 1. The third-order valence-electron chi connectivity index (χ3n) is 4.22. The Morgan fingerprint density at radius 1 is 0.808 bits per heavy atom. The van der Waals surface area contributed by atoms with Gasteiger partial charge in [-0.05, 0) is 35.0 Å². The summed E-state index contributed by atoms with van der Waals surface area (Å²) in [5, 5.41) is 3.45. The van der Waals surface area contributed by atoms with Crippen LogP contribution >= 0.6 is 27.5 Å². The predicted molar refractivity (Wildman–Crippen MR) is 111 cm³/mol. The fraction of sp³-hybridized carbons (Fsp3) is 0. The van der Waals surface area contributed by atoms with Gasteiger partial charge >= 0.3 is 0 Å². The van der Waals surface area contributed by atoms with Crippen molar-refractivity contribution in [2.75, 3.05) is 4.72 Å². The second kappa shape index (κ2) is 6.58. The quantitative estimate of drug-likeness (QED) is 0.407.